The van der Waals surface area contributed by atoms with E-state index in [2.05, 4.69) is 46.4 Å². The lowest BCUT2D eigenvalue weighted by Crippen LogP contribution is -2.30. The van der Waals surface area contributed by atoms with Crippen molar-refractivity contribution in [1.29, 1.82) is 0 Å². The van der Waals surface area contributed by atoms with Gasteiger partial charge in [0.15, 0.2) is 11.5 Å². The molecule has 3 aromatic carbocycles. The van der Waals surface area contributed by atoms with Gasteiger partial charge in [0.2, 0.25) is 6.79 Å². The van der Waals surface area contributed by atoms with Crippen LogP contribution in [0.5, 0.6) is 11.5 Å². The van der Waals surface area contributed by atoms with Crippen molar-refractivity contribution >= 4 is 16.9 Å². The lowest BCUT2D eigenvalue weighted by molar-refractivity contribution is 0.0745. The number of fused-ring (bicyclic) bond motifs is 3. The van der Waals surface area contributed by atoms with E-state index >= 15 is 0 Å². The van der Waals surface area contributed by atoms with Crippen molar-refractivity contribution in [2.75, 3.05) is 13.3 Å². The van der Waals surface area contributed by atoms with E-state index < -0.39 is 0 Å². The number of hydrogen-bond acceptors (Lipinski definition) is 4. The lowest BCUT2D eigenvalue weighted by atomic mass is 9.97. The predicted octanol–water partition coefficient (Wildman–Crippen LogP) is 4.86. The number of hydrogen-bond donors (Lipinski definition) is 1. The predicted molar refractivity (Wildman–Crippen MR) is 122 cm³/mol. The molecular weight excluding hydrogens is 402 g/mol. The summed E-state index contributed by atoms with van der Waals surface area (Å²) in [7, 11) is 0. The molecule has 0 bridgehead atoms. The molecule has 0 saturated heterocycles. The van der Waals surface area contributed by atoms with E-state index in [9.17, 15) is 4.79 Å². The van der Waals surface area contributed by atoms with Gasteiger partial charge >= 0.3 is 0 Å². The van der Waals surface area contributed by atoms with E-state index in [-0.39, 0.29) is 12.7 Å². The zero-order valence-corrected chi connectivity index (χ0v) is 17.9. The minimum atomic E-state index is 0.0231. The van der Waals surface area contributed by atoms with E-state index in [1.165, 1.54) is 11.1 Å². The fraction of sp³-hybridized carbons (Fsp3) is 0.231. The molecule has 0 radical (unpaired) electrons. The first-order chi connectivity index (χ1) is 15.6. The van der Waals surface area contributed by atoms with Crippen LogP contribution >= 0.6 is 0 Å². The Morgan fingerprint density at radius 2 is 1.81 bits per heavy atom. The lowest BCUT2D eigenvalue weighted by Gasteiger charge is -2.21. The molecule has 160 valence electrons. The molecule has 6 heteroatoms. The number of imidazole rings is 1. The molecule has 6 nitrogen and oxygen atoms in total. The molecule has 2 aliphatic rings. The highest BCUT2D eigenvalue weighted by molar-refractivity contribution is 5.95. The van der Waals surface area contributed by atoms with Crippen LogP contribution in [0.1, 0.15) is 33.7 Å². The SMILES string of the molecule is Cc1nc2cc(-c3ccc4c(c3)CN(C(=O)c3ccc5c(c3)OCO5)CCC4)ccc2[nH]1. The van der Waals surface area contributed by atoms with Crippen LogP contribution in [-0.2, 0) is 13.0 Å². The van der Waals surface area contributed by atoms with Gasteiger partial charge in [0.1, 0.15) is 5.82 Å². The second-order valence-electron chi connectivity index (χ2n) is 8.44. The molecule has 2 aliphatic heterocycles. The second kappa shape index (κ2) is 7.41. The third kappa shape index (κ3) is 3.28. The number of benzene rings is 3. The van der Waals surface area contributed by atoms with Crippen LogP contribution in [-0.4, -0.2) is 34.1 Å². The van der Waals surface area contributed by atoms with Gasteiger partial charge in [-0.2, -0.15) is 0 Å². The first-order valence-corrected chi connectivity index (χ1v) is 10.9. The molecule has 4 aromatic rings. The van der Waals surface area contributed by atoms with Crippen LogP contribution in [0.15, 0.2) is 54.6 Å². The average molecular weight is 425 g/mol. The van der Waals surface area contributed by atoms with E-state index in [4.69, 9.17) is 9.47 Å². The number of amides is 1. The Hall–Kier alpha value is -3.80. The number of aromatic amines is 1. The fourth-order valence-corrected chi connectivity index (χ4v) is 4.64. The average Bonchev–Trinajstić information content (AvgIpc) is 3.36. The fourth-order valence-electron chi connectivity index (χ4n) is 4.64. The van der Waals surface area contributed by atoms with Crippen molar-refractivity contribution in [2.24, 2.45) is 0 Å². The van der Waals surface area contributed by atoms with E-state index in [1.807, 2.05) is 24.0 Å². The number of carbonyl (C=O) groups is 1. The van der Waals surface area contributed by atoms with E-state index in [1.54, 1.807) is 6.07 Å². The molecule has 3 heterocycles. The maximum absolute atomic E-state index is 13.3. The second-order valence-corrected chi connectivity index (χ2v) is 8.44. The van der Waals surface area contributed by atoms with Crippen LogP contribution in [0.25, 0.3) is 22.2 Å². The molecule has 1 N–H and O–H groups in total. The van der Waals surface area contributed by atoms with Gasteiger partial charge in [0.25, 0.3) is 5.91 Å². The smallest absolute Gasteiger partial charge is 0.254 e. The molecule has 0 atom stereocenters. The van der Waals surface area contributed by atoms with Crippen molar-refractivity contribution in [3.05, 3.63) is 77.1 Å². The molecule has 0 saturated carbocycles. The summed E-state index contributed by atoms with van der Waals surface area (Å²) < 4.78 is 10.8. The third-order valence-electron chi connectivity index (χ3n) is 6.28. The monoisotopic (exact) mass is 425 g/mol. The molecule has 0 unspecified atom stereocenters. The van der Waals surface area contributed by atoms with Crippen LogP contribution < -0.4 is 9.47 Å². The number of nitrogens with zero attached hydrogens (tertiary/aromatic N) is 2. The van der Waals surface area contributed by atoms with E-state index in [0.717, 1.165) is 47.4 Å². The number of nitrogens with one attached hydrogen (secondary N) is 1. The molecule has 1 amide bonds. The summed E-state index contributed by atoms with van der Waals surface area (Å²) in [5, 5.41) is 0. The number of carbonyl (C=O) groups excluding carboxylic acids is 1. The Balaban J connectivity index is 1.31. The molecule has 0 fully saturated rings. The standard InChI is InChI=1S/C26H23N3O3/c1-16-27-22-8-6-19(12-23(22)28-16)18-5-4-17-3-2-10-29(14-21(17)11-18)26(30)20-7-9-24-25(13-20)32-15-31-24/h4-9,11-13H,2-3,10,14-15H2,1H3,(H,27,28). The Kier molecular flexibility index (Phi) is 4.38. The van der Waals surface area contributed by atoms with Gasteiger partial charge in [0.05, 0.1) is 11.0 Å². The molecule has 0 spiro atoms. The van der Waals surface area contributed by atoms with Crippen molar-refractivity contribution in [1.82, 2.24) is 14.9 Å². The summed E-state index contributed by atoms with van der Waals surface area (Å²) in [6.07, 6.45) is 1.92. The Labute approximate surface area is 185 Å². The van der Waals surface area contributed by atoms with Crippen molar-refractivity contribution in [3.8, 4) is 22.6 Å². The summed E-state index contributed by atoms with van der Waals surface area (Å²) in [5.41, 5.74) is 7.43. The number of rotatable bonds is 2. The van der Waals surface area contributed by atoms with Gasteiger partial charge < -0.3 is 19.4 Å². The quantitative estimate of drug-likeness (QED) is 0.498. The number of aryl methyl sites for hydroxylation is 2. The number of ether oxygens (including phenoxy) is 2. The van der Waals surface area contributed by atoms with Gasteiger partial charge in [-0.25, -0.2) is 4.98 Å². The first-order valence-electron chi connectivity index (χ1n) is 10.9. The number of aromatic nitrogens is 2. The Morgan fingerprint density at radius 3 is 2.75 bits per heavy atom. The summed E-state index contributed by atoms with van der Waals surface area (Å²) in [4.78, 5) is 23.1. The first kappa shape index (κ1) is 18.9. The molecule has 1 aromatic heterocycles. The van der Waals surface area contributed by atoms with Gasteiger partial charge in [-0.15, -0.1) is 0 Å². The van der Waals surface area contributed by atoms with Crippen LogP contribution in [0, 0.1) is 6.92 Å². The molecular formula is C26H23N3O3. The Morgan fingerprint density at radius 1 is 0.969 bits per heavy atom. The minimum absolute atomic E-state index is 0.0231. The van der Waals surface area contributed by atoms with Crippen molar-refractivity contribution in [3.63, 3.8) is 0 Å². The maximum atomic E-state index is 13.3. The van der Waals surface area contributed by atoms with Crippen molar-refractivity contribution < 1.29 is 14.3 Å². The van der Waals surface area contributed by atoms with E-state index in [0.29, 0.717) is 23.6 Å². The topological polar surface area (TPSA) is 67.5 Å². The third-order valence-corrected chi connectivity index (χ3v) is 6.28. The minimum Gasteiger partial charge on any atom is -0.454 e. The maximum Gasteiger partial charge on any atom is 0.254 e. The van der Waals surface area contributed by atoms with Gasteiger partial charge in [0, 0.05) is 18.7 Å². The van der Waals surface area contributed by atoms with Gasteiger partial charge in [-0.05, 0) is 78.4 Å². The molecule has 6 rings (SSSR count). The van der Waals surface area contributed by atoms with Crippen LogP contribution in [0.4, 0.5) is 0 Å². The largest absolute Gasteiger partial charge is 0.454 e. The van der Waals surface area contributed by atoms with Crippen LogP contribution in [0.2, 0.25) is 0 Å². The van der Waals surface area contributed by atoms with Crippen LogP contribution in [0.3, 0.4) is 0 Å². The summed E-state index contributed by atoms with van der Waals surface area (Å²) in [6, 6.07) is 18.3. The van der Waals surface area contributed by atoms with Crippen molar-refractivity contribution in [2.45, 2.75) is 26.3 Å². The number of H-pyrrole nitrogens is 1. The highest BCUT2D eigenvalue weighted by Crippen LogP contribution is 2.33. The zero-order valence-electron chi connectivity index (χ0n) is 17.9. The zero-order chi connectivity index (χ0) is 21.7. The van der Waals surface area contributed by atoms with Gasteiger partial charge in [-0.3, -0.25) is 4.79 Å². The highest BCUT2D eigenvalue weighted by atomic mass is 16.7. The normalized spacial score (nSPS) is 15.0. The summed E-state index contributed by atoms with van der Waals surface area (Å²) in [5.74, 6) is 2.26. The summed E-state index contributed by atoms with van der Waals surface area (Å²) in [6.45, 7) is 3.50. The molecule has 0 aliphatic carbocycles. The molecule has 32 heavy (non-hydrogen) atoms. The summed E-state index contributed by atoms with van der Waals surface area (Å²) >= 11 is 0. The van der Waals surface area contributed by atoms with Gasteiger partial charge in [-0.1, -0.05) is 18.2 Å². The highest BCUT2D eigenvalue weighted by Gasteiger charge is 2.23. The Bertz CT molecular complexity index is 1360.